The van der Waals surface area contributed by atoms with Crippen LogP contribution in [-0.4, -0.2) is 37.1 Å². The van der Waals surface area contributed by atoms with E-state index in [1.807, 2.05) is 54.3 Å². The Bertz CT molecular complexity index is 747. The molecule has 6 heteroatoms. The molecular formula is C19H21BrClN3O. The molecule has 1 aliphatic heterocycles. The predicted molar refractivity (Wildman–Crippen MR) is 106 cm³/mol. The lowest BCUT2D eigenvalue weighted by Gasteiger charge is -2.36. The quantitative estimate of drug-likeness (QED) is 0.778. The molecule has 1 unspecified atom stereocenters. The number of piperazine rings is 1. The average molecular weight is 423 g/mol. The maximum absolute atomic E-state index is 12.5. The van der Waals surface area contributed by atoms with Crippen LogP contribution in [0.25, 0.3) is 0 Å². The molecule has 0 spiro atoms. The second kappa shape index (κ2) is 8.11. The van der Waals surface area contributed by atoms with Gasteiger partial charge >= 0.3 is 6.03 Å². The topological polar surface area (TPSA) is 35.6 Å². The first-order chi connectivity index (χ1) is 12.0. The molecule has 25 heavy (non-hydrogen) atoms. The molecule has 1 atom stereocenters. The van der Waals surface area contributed by atoms with Crippen molar-refractivity contribution in [2.45, 2.75) is 13.0 Å². The van der Waals surface area contributed by atoms with E-state index in [1.165, 1.54) is 0 Å². The van der Waals surface area contributed by atoms with Crippen LogP contribution in [0.4, 0.5) is 10.5 Å². The van der Waals surface area contributed by atoms with Gasteiger partial charge in [-0.2, -0.15) is 0 Å². The van der Waals surface area contributed by atoms with Crippen molar-refractivity contribution in [1.82, 2.24) is 10.2 Å². The normalized spacial score (nSPS) is 15.8. The minimum atomic E-state index is -0.0315. The Kier molecular flexibility index (Phi) is 5.86. The number of hydrogen-bond acceptors (Lipinski definition) is 2. The molecule has 0 aliphatic carbocycles. The van der Waals surface area contributed by atoms with Crippen molar-refractivity contribution < 1.29 is 4.79 Å². The Morgan fingerprint density at radius 2 is 1.84 bits per heavy atom. The molecule has 1 aliphatic rings. The Balaban J connectivity index is 1.54. The van der Waals surface area contributed by atoms with Gasteiger partial charge < -0.3 is 15.1 Å². The zero-order valence-electron chi connectivity index (χ0n) is 14.1. The smallest absolute Gasteiger partial charge is 0.317 e. The predicted octanol–water partition coefficient (Wildman–Crippen LogP) is 4.70. The standard InChI is InChI=1S/C19H21BrClN3O/c1-14(15-4-2-5-16(20)12-15)22-19(25)24-10-8-23(9-11-24)18-7-3-6-17(21)13-18/h2-7,12-14H,8-11H2,1H3,(H,22,25). The van der Waals surface area contributed by atoms with E-state index in [2.05, 4.69) is 32.2 Å². The SMILES string of the molecule is CC(NC(=O)N1CCN(c2cccc(Cl)c2)CC1)c1cccc(Br)c1. The van der Waals surface area contributed by atoms with Crippen molar-refractivity contribution in [2.75, 3.05) is 31.1 Å². The lowest BCUT2D eigenvalue weighted by Crippen LogP contribution is -2.52. The van der Waals surface area contributed by atoms with Crippen LogP contribution in [0.2, 0.25) is 5.02 Å². The zero-order valence-corrected chi connectivity index (χ0v) is 16.4. The summed E-state index contributed by atoms with van der Waals surface area (Å²) in [7, 11) is 0. The van der Waals surface area contributed by atoms with Crippen LogP contribution in [0.3, 0.4) is 0 Å². The first kappa shape index (κ1) is 18.1. The van der Waals surface area contributed by atoms with E-state index in [4.69, 9.17) is 11.6 Å². The molecule has 2 amide bonds. The minimum absolute atomic E-state index is 0.0155. The maximum atomic E-state index is 12.5. The molecule has 4 nitrogen and oxygen atoms in total. The number of halogens is 2. The number of carbonyl (C=O) groups excluding carboxylic acids is 1. The lowest BCUT2D eigenvalue weighted by atomic mass is 10.1. The number of rotatable bonds is 3. The fourth-order valence-corrected chi connectivity index (χ4v) is 3.58. The Morgan fingerprint density at radius 3 is 2.52 bits per heavy atom. The van der Waals surface area contributed by atoms with E-state index in [0.717, 1.165) is 33.8 Å². The van der Waals surface area contributed by atoms with Gasteiger partial charge in [-0.25, -0.2) is 4.79 Å². The first-order valence-electron chi connectivity index (χ1n) is 8.34. The highest BCUT2D eigenvalue weighted by Gasteiger charge is 2.22. The molecule has 0 bridgehead atoms. The largest absolute Gasteiger partial charge is 0.368 e. The van der Waals surface area contributed by atoms with Crippen LogP contribution in [0.15, 0.2) is 53.0 Å². The summed E-state index contributed by atoms with van der Waals surface area (Å²) in [5.41, 5.74) is 2.19. The highest BCUT2D eigenvalue weighted by Crippen LogP contribution is 2.21. The number of hydrogen-bond donors (Lipinski definition) is 1. The number of carbonyl (C=O) groups is 1. The molecular weight excluding hydrogens is 402 g/mol. The summed E-state index contributed by atoms with van der Waals surface area (Å²) in [5.74, 6) is 0. The molecule has 132 valence electrons. The van der Waals surface area contributed by atoms with Crippen molar-refractivity contribution in [3.63, 3.8) is 0 Å². The Morgan fingerprint density at radius 1 is 1.12 bits per heavy atom. The van der Waals surface area contributed by atoms with Crippen molar-refractivity contribution in [1.29, 1.82) is 0 Å². The fourth-order valence-electron chi connectivity index (χ4n) is 2.98. The molecule has 0 radical (unpaired) electrons. The van der Waals surface area contributed by atoms with Crippen LogP contribution in [0, 0.1) is 0 Å². The van der Waals surface area contributed by atoms with Crippen LogP contribution in [-0.2, 0) is 0 Å². The molecule has 1 heterocycles. The van der Waals surface area contributed by atoms with E-state index in [9.17, 15) is 4.79 Å². The Hall–Kier alpha value is -1.72. The molecule has 0 aromatic heterocycles. The fraction of sp³-hybridized carbons (Fsp3) is 0.316. The van der Waals surface area contributed by atoms with Crippen molar-refractivity contribution in [2.24, 2.45) is 0 Å². The molecule has 1 fully saturated rings. The maximum Gasteiger partial charge on any atom is 0.317 e. The van der Waals surface area contributed by atoms with E-state index < -0.39 is 0 Å². The number of urea groups is 1. The van der Waals surface area contributed by atoms with E-state index in [1.54, 1.807) is 0 Å². The highest BCUT2D eigenvalue weighted by atomic mass is 79.9. The van der Waals surface area contributed by atoms with Gasteiger partial charge in [0.25, 0.3) is 0 Å². The monoisotopic (exact) mass is 421 g/mol. The van der Waals surface area contributed by atoms with Crippen LogP contribution < -0.4 is 10.2 Å². The van der Waals surface area contributed by atoms with Gasteiger partial charge in [-0.1, -0.05) is 45.7 Å². The third kappa shape index (κ3) is 4.67. The van der Waals surface area contributed by atoms with E-state index in [-0.39, 0.29) is 12.1 Å². The van der Waals surface area contributed by atoms with Crippen molar-refractivity contribution >= 4 is 39.2 Å². The van der Waals surface area contributed by atoms with Gasteiger partial charge in [0, 0.05) is 41.4 Å². The Labute approximate surface area is 161 Å². The van der Waals surface area contributed by atoms with Crippen molar-refractivity contribution in [3.8, 4) is 0 Å². The average Bonchev–Trinajstić information content (AvgIpc) is 2.62. The van der Waals surface area contributed by atoms with E-state index in [0.29, 0.717) is 13.1 Å². The number of anilines is 1. The molecule has 2 aromatic carbocycles. The summed E-state index contributed by atoms with van der Waals surface area (Å²) in [6.45, 7) is 5.01. The summed E-state index contributed by atoms with van der Waals surface area (Å²) >= 11 is 9.53. The van der Waals surface area contributed by atoms with E-state index >= 15 is 0 Å². The number of benzene rings is 2. The van der Waals surface area contributed by atoms with Gasteiger partial charge in [-0.15, -0.1) is 0 Å². The van der Waals surface area contributed by atoms with Crippen LogP contribution >= 0.6 is 27.5 Å². The molecule has 1 saturated heterocycles. The first-order valence-corrected chi connectivity index (χ1v) is 9.51. The minimum Gasteiger partial charge on any atom is -0.368 e. The lowest BCUT2D eigenvalue weighted by molar-refractivity contribution is 0.191. The summed E-state index contributed by atoms with van der Waals surface area (Å²) < 4.78 is 1.02. The third-order valence-corrected chi connectivity index (χ3v) is 5.16. The van der Waals surface area contributed by atoms with Crippen molar-refractivity contribution in [3.05, 3.63) is 63.6 Å². The molecule has 0 saturated carbocycles. The molecule has 3 rings (SSSR count). The summed E-state index contributed by atoms with van der Waals surface area (Å²) in [6, 6.07) is 15.8. The summed E-state index contributed by atoms with van der Waals surface area (Å²) in [5, 5.41) is 3.82. The van der Waals surface area contributed by atoms with Crippen LogP contribution in [0.1, 0.15) is 18.5 Å². The highest BCUT2D eigenvalue weighted by molar-refractivity contribution is 9.10. The van der Waals surface area contributed by atoms with Gasteiger partial charge in [0.2, 0.25) is 0 Å². The second-order valence-corrected chi connectivity index (χ2v) is 7.53. The third-order valence-electron chi connectivity index (χ3n) is 4.43. The molecule has 2 aromatic rings. The van der Waals surface area contributed by atoms with Gasteiger partial charge in [-0.3, -0.25) is 0 Å². The number of nitrogens with zero attached hydrogens (tertiary/aromatic N) is 2. The van der Waals surface area contributed by atoms with Gasteiger partial charge in [-0.05, 0) is 42.8 Å². The number of nitrogens with one attached hydrogen (secondary N) is 1. The molecule has 1 N–H and O–H groups in total. The van der Waals surface area contributed by atoms with Crippen LogP contribution in [0.5, 0.6) is 0 Å². The zero-order chi connectivity index (χ0) is 17.8. The number of amides is 2. The summed E-state index contributed by atoms with van der Waals surface area (Å²) in [4.78, 5) is 16.7. The van der Waals surface area contributed by atoms with Gasteiger partial charge in [0.15, 0.2) is 0 Å². The summed E-state index contributed by atoms with van der Waals surface area (Å²) in [6.07, 6.45) is 0. The second-order valence-electron chi connectivity index (χ2n) is 6.18. The van der Waals surface area contributed by atoms with Gasteiger partial charge in [0.05, 0.1) is 6.04 Å². The van der Waals surface area contributed by atoms with Gasteiger partial charge in [0.1, 0.15) is 0 Å².